The monoisotopic (exact) mass is 308 g/mol. The van der Waals surface area contributed by atoms with Crippen LogP contribution in [0, 0.1) is 0 Å². The van der Waals surface area contributed by atoms with Gasteiger partial charge in [-0.05, 0) is 0 Å². The molecule has 0 saturated carbocycles. The maximum Gasteiger partial charge on any atom is 0 e. The molecule has 2 N–H and O–H groups in total. The van der Waals surface area contributed by atoms with Crippen molar-refractivity contribution >= 4 is 48.9 Å². The molecule has 24 valence electrons. The van der Waals surface area contributed by atoms with Gasteiger partial charge < -0.3 is 5.48 Å². The second-order valence-electron chi connectivity index (χ2n) is 0. The molecule has 0 aliphatic heterocycles. The van der Waals surface area contributed by atoms with Gasteiger partial charge in [0.1, 0.15) is 0 Å². The van der Waals surface area contributed by atoms with E-state index in [1.807, 2.05) is 0 Å². The third-order valence-electron chi connectivity index (χ3n) is 0. The molecule has 4 radical (unpaired) electrons. The molecule has 0 aliphatic carbocycles. The second-order valence-corrected chi connectivity index (χ2v) is 0. The van der Waals surface area contributed by atoms with Crippen LogP contribution in [-0.2, 0) is 49.8 Å². The van der Waals surface area contributed by atoms with E-state index in [0.29, 0.717) is 0 Å². The third-order valence-corrected chi connectivity index (χ3v) is 0. The topological polar surface area (TPSA) is 31.5 Å². The Morgan fingerprint density at radius 2 is 1.00 bits per heavy atom. The van der Waals surface area contributed by atoms with Gasteiger partial charge >= 0.3 is 0 Å². The van der Waals surface area contributed by atoms with Gasteiger partial charge in [0.2, 0.25) is 0 Å². The summed E-state index contributed by atoms with van der Waals surface area (Å²) in [5.74, 6) is 0. The average molecular weight is 308 g/mol. The summed E-state index contributed by atoms with van der Waals surface area (Å²) < 4.78 is 0. The molecule has 0 saturated heterocycles. The molecule has 0 aromatic heterocycles. The Bertz CT molecular complexity index is 8.00. The van der Waals surface area contributed by atoms with E-state index in [-0.39, 0.29) is 104 Å². The van der Waals surface area contributed by atoms with E-state index in [2.05, 4.69) is 0 Å². The van der Waals surface area contributed by atoms with Crippen molar-refractivity contribution in [3.63, 3.8) is 0 Å². The van der Waals surface area contributed by atoms with Gasteiger partial charge in [0, 0.05) is 98.7 Å². The molecule has 0 unspecified atom stereocenters. The number of hydrogen-bond donors (Lipinski definition) is 0. The number of rotatable bonds is 0. The summed E-state index contributed by atoms with van der Waals surface area (Å²) in [4.78, 5) is 0. The van der Waals surface area contributed by atoms with E-state index in [9.17, 15) is 0 Å². The van der Waals surface area contributed by atoms with Gasteiger partial charge in [0.15, 0.2) is 0 Å². The Hall–Kier alpha value is 3.15. The van der Waals surface area contributed by atoms with E-state index in [0.717, 1.165) is 0 Å². The molecule has 0 amide bonds. The molecule has 0 rings (SSSR count). The fourth-order valence-electron chi connectivity index (χ4n) is 0. The normalized spacial score (nSPS) is 0. The van der Waals surface area contributed by atoms with Crippen molar-refractivity contribution in [1.82, 2.24) is 0 Å². The zero-order chi connectivity index (χ0) is 0. The Balaban J connectivity index is 0. The first-order valence-corrected chi connectivity index (χ1v) is 0. The van der Waals surface area contributed by atoms with Crippen LogP contribution in [0.3, 0.4) is 0 Å². The van der Waals surface area contributed by atoms with E-state index >= 15 is 0 Å². The molecule has 0 aromatic carbocycles. The van der Waals surface area contributed by atoms with Gasteiger partial charge in [-0.15, -0.1) is 0 Å². The molecule has 0 fully saturated rings. The van der Waals surface area contributed by atoms with Crippen LogP contribution in [0.4, 0.5) is 0 Å². The molecule has 0 aliphatic rings. The standard InChI is InChI=1S/Ba.Cu.H2O.Y/h;;1H2;. The first kappa shape index (κ1) is 27.2. The Morgan fingerprint density at radius 3 is 1.00 bits per heavy atom. The smallest absolute Gasteiger partial charge is 0 e. The zero-order valence-electron chi connectivity index (χ0n) is 2.09. The van der Waals surface area contributed by atoms with Gasteiger partial charge in [-0.1, -0.05) is 0 Å². The molecule has 1 nitrogen and oxygen atoms in total. The van der Waals surface area contributed by atoms with E-state index in [1.54, 1.807) is 0 Å². The van der Waals surface area contributed by atoms with E-state index in [4.69, 9.17) is 0 Å². The van der Waals surface area contributed by atoms with E-state index < -0.39 is 0 Å². The van der Waals surface area contributed by atoms with Crippen molar-refractivity contribution < 1.29 is 55.3 Å². The molecule has 0 bridgehead atoms. The van der Waals surface area contributed by atoms with Gasteiger partial charge in [0.25, 0.3) is 0 Å². The molecule has 0 heterocycles. The van der Waals surface area contributed by atoms with Crippen LogP contribution < -0.4 is 0 Å². The third kappa shape index (κ3) is 8.94. The van der Waals surface area contributed by atoms with E-state index in [1.165, 1.54) is 0 Å². The van der Waals surface area contributed by atoms with Crippen LogP contribution in [0.2, 0.25) is 0 Å². The summed E-state index contributed by atoms with van der Waals surface area (Å²) in [6, 6.07) is 0. The molecular weight excluding hydrogens is 306 g/mol. The molecule has 4 heavy (non-hydrogen) atoms. The van der Waals surface area contributed by atoms with Crippen LogP contribution in [0.25, 0.3) is 0 Å². The van der Waals surface area contributed by atoms with Crippen LogP contribution >= 0.6 is 0 Å². The van der Waals surface area contributed by atoms with Gasteiger partial charge in [0.05, 0.1) is 0 Å². The fraction of sp³-hybridized carbons (Fsp3) is 0. The summed E-state index contributed by atoms with van der Waals surface area (Å²) in [5, 5.41) is 0. The van der Waals surface area contributed by atoms with Crippen molar-refractivity contribution in [1.29, 1.82) is 0 Å². The van der Waals surface area contributed by atoms with Crippen molar-refractivity contribution in [2.45, 2.75) is 0 Å². The average Bonchev–Trinajstić information content (AvgIpc) is 0. The van der Waals surface area contributed by atoms with Crippen LogP contribution in [0.15, 0.2) is 0 Å². The minimum absolute atomic E-state index is 0. The quantitative estimate of drug-likeness (QED) is 0.503. The zero-order valence-corrected chi connectivity index (χ0v) is 10.3. The predicted molar refractivity (Wildman–Crippen MR) is 9.37 cm³/mol. The maximum atomic E-state index is 0. The van der Waals surface area contributed by atoms with Crippen molar-refractivity contribution in [2.24, 2.45) is 0 Å². The largest absolute Gasteiger partial charge is 0.412 e. The maximum absolute atomic E-state index is 0. The van der Waals surface area contributed by atoms with Crippen LogP contribution in [0.1, 0.15) is 0 Å². The summed E-state index contributed by atoms with van der Waals surface area (Å²) in [6.45, 7) is 0. The summed E-state index contributed by atoms with van der Waals surface area (Å²) >= 11 is 0. The number of hydrogen-bond acceptors (Lipinski definition) is 0. The first-order valence-electron chi connectivity index (χ1n) is 0. The predicted octanol–water partition coefficient (Wildman–Crippen LogP) is -1.21. The van der Waals surface area contributed by atoms with Crippen molar-refractivity contribution in [2.75, 3.05) is 0 Å². The van der Waals surface area contributed by atoms with Gasteiger partial charge in [-0.3, -0.25) is 0 Å². The molecule has 0 aromatic rings. The second kappa shape index (κ2) is 16.4. The van der Waals surface area contributed by atoms with Crippen LogP contribution in [-0.4, -0.2) is 54.4 Å². The Kier molecular flexibility index (Phi) is 112. The van der Waals surface area contributed by atoms with Crippen LogP contribution in [0.5, 0.6) is 0 Å². The molecule has 4 heteroatoms. The van der Waals surface area contributed by atoms with Crippen molar-refractivity contribution in [3.05, 3.63) is 0 Å². The molecule has 0 atom stereocenters. The minimum Gasteiger partial charge on any atom is -0.412 e. The van der Waals surface area contributed by atoms with Gasteiger partial charge in [-0.2, -0.15) is 0 Å². The molecular formula is H2BaCuOY. The van der Waals surface area contributed by atoms with Crippen molar-refractivity contribution in [3.8, 4) is 0 Å². The Labute approximate surface area is 101 Å². The first-order chi connectivity index (χ1) is 0. The summed E-state index contributed by atoms with van der Waals surface area (Å²) in [7, 11) is 0. The minimum atomic E-state index is 0. The summed E-state index contributed by atoms with van der Waals surface area (Å²) in [5.41, 5.74) is 0. The fourth-order valence-corrected chi connectivity index (χ4v) is 0. The SMILES string of the molecule is O.[Ba].[Cu].[Y]. The van der Waals surface area contributed by atoms with Gasteiger partial charge in [-0.25, -0.2) is 0 Å². The summed E-state index contributed by atoms with van der Waals surface area (Å²) in [6.07, 6.45) is 0. The Morgan fingerprint density at radius 1 is 1.00 bits per heavy atom. The molecule has 0 spiro atoms.